The van der Waals surface area contributed by atoms with Crippen LogP contribution in [0.25, 0.3) is 10.9 Å². The van der Waals surface area contributed by atoms with E-state index in [1.54, 1.807) is 11.3 Å². The molecule has 1 aliphatic carbocycles. The second-order valence-electron chi connectivity index (χ2n) is 9.45. The van der Waals surface area contributed by atoms with Crippen molar-refractivity contribution in [2.75, 3.05) is 13.1 Å². The molecule has 1 aromatic heterocycles. The standard InChI is InChI=1S/C24H33N3/c1-5-16-12-17-14-27-11-10-19-18-8-6-7-9-21(18)26(4)23(19)24(27,3)13-20(17)15(2)22(16)25/h5-9,15,17,20,22H,10-14,25H2,1-4H3/b16-5+/t15-,17?,20?,22?,24+/m1/s1. The van der Waals surface area contributed by atoms with E-state index >= 15 is 0 Å². The number of benzene rings is 1. The van der Waals surface area contributed by atoms with Crippen LogP contribution in [0, 0.1) is 17.8 Å². The molecule has 3 nitrogen and oxygen atoms in total. The second-order valence-corrected chi connectivity index (χ2v) is 9.45. The van der Waals surface area contributed by atoms with E-state index in [1.807, 2.05) is 0 Å². The average Bonchev–Trinajstić information content (AvgIpc) is 2.97. The van der Waals surface area contributed by atoms with Gasteiger partial charge in [-0.25, -0.2) is 0 Å². The molecule has 0 spiro atoms. The molecule has 27 heavy (non-hydrogen) atoms. The lowest BCUT2D eigenvalue weighted by Crippen LogP contribution is -2.60. The van der Waals surface area contributed by atoms with Crippen molar-refractivity contribution in [1.82, 2.24) is 9.47 Å². The van der Waals surface area contributed by atoms with Gasteiger partial charge in [0.05, 0.1) is 5.54 Å². The largest absolute Gasteiger partial charge is 0.346 e. The molecule has 1 aromatic carbocycles. The van der Waals surface area contributed by atoms with Gasteiger partial charge < -0.3 is 10.3 Å². The molecule has 3 heteroatoms. The molecule has 0 radical (unpaired) electrons. The van der Waals surface area contributed by atoms with Crippen LogP contribution in [-0.2, 0) is 19.0 Å². The summed E-state index contributed by atoms with van der Waals surface area (Å²) in [6, 6.07) is 9.20. The molecule has 1 saturated carbocycles. The molecule has 2 aliphatic heterocycles. The molecule has 0 amide bonds. The highest BCUT2D eigenvalue weighted by molar-refractivity contribution is 5.86. The third-order valence-electron chi connectivity index (χ3n) is 8.28. The maximum Gasteiger partial charge on any atom is 0.0591 e. The molecule has 2 fully saturated rings. The van der Waals surface area contributed by atoms with Crippen LogP contribution in [0.2, 0.25) is 0 Å². The Kier molecular flexibility index (Phi) is 3.86. The highest BCUT2D eigenvalue weighted by atomic mass is 15.2. The predicted molar refractivity (Wildman–Crippen MR) is 113 cm³/mol. The normalized spacial score (nSPS) is 37.9. The number of fused-ring (bicyclic) bond motifs is 6. The fourth-order valence-electron chi connectivity index (χ4n) is 6.80. The van der Waals surface area contributed by atoms with E-state index in [0.29, 0.717) is 11.8 Å². The molecular formula is C24H33N3. The van der Waals surface area contributed by atoms with Crippen LogP contribution in [0.3, 0.4) is 0 Å². The van der Waals surface area contributed by atoms with Crippen LogP contribution in [0.1, 0.15) is 44.9 Å². The molecule has 3 aliphatic rings. The topological polar surface area (TPSA) is 34.2 Å². The molecule has 3 heterocycles. The summed E-state index contributed by atoms with van der Waals surface area (Å²) in [7, 11) is 2.27. The lowest BCUT2D eigenvalue weighted by Gasteiger charge is -2.57. The van der Waals surface area contributed by atoms with Gasteiger partial charge in [0.25, 0.3) is 0 Å². The number of hydrogen-bond acceptors (Lipinski definition) is 2. The maximum atomic E-state index is 6.65. The molecule has 0 bridgehead atoms. The van der Waals surface area contributed by atoms with E-state index in [0.717, 1.165) is 5.92 Å². The van der Waals surface area contributed by atoms with Gasteiger partial charge in [-0.05, 0) is 62.5 Å². The smallest absolute Gasteiger partial charge is 0.0591 e. The van der Waals surface area contributed by atoms with E-state index in [2.05, 4.69) is 67.6 Å². The van der Waals surface area contributed by atoms with E-state index in [9.17, 15) is 0 Å². The van der Waals surface area contributed by atoms with Crippen molar-refractivity contribution in [1.29, 1.82) is 0 Å². The lowest BCUT2D eigenvalue weighted by atomic mass is 9.60. The number of nitrogens with two attached hydrogens (primary N) is 1. The van der Waals surface area contributed by atoms with Crippen molar-refractivity contribution < 1.29 is 0 Å². The summed E-state index contributed by atoms with van der Waals surface area (Å²) in [6.07, 6.45) is 5.89. The SMILES string of the molecule is C/C=C1\CC2CN3CCc4c(n(C)c5ccccc45)[C@]3(C)CC2[C@@H](C)C1N. The Hall–Kier alpha value is -1.58. The van der Waals surface area contributed by atoms with Crippen LogP contribution in [0.4, 0.5) is 0 Å². The third-order valence-corrected chi connectivity index (χ3v) is 8.28. The number of aromatic nitrogens is 1. The first-order chi connectivity index (χ1) is 13.0. The number of nitrogens with zero attached hydrogens (tertiary/aromatic N) is 2. The van der Waals surface area contributed by atoms with Gasteiger partial charge >= 0.3 is 0 Å². The van der Waals surface area contributed by atoms with E-state index in [4.69, 9.17) is 5.73 Å². The molecule has 144 valence electrons. The van der Waals surface area contributed by atoms with Crippen molar-refractivity contribution in [3.8, 4) is 0 Å². The molecule has 5 atom stereocenters. The fraction of sp³-hybridized carbons (Fsp3) is 0.583. The maximum absolute atomic E-state index is 6.65. The van der Waals surface area contributed by atoms with Crippen LogP contribution in [0.15, 0.2) is 35.9 Å². The number of hydrogen-bond donors (Lipinski definition) is 1. The van der Waals surface area contributed by atoms with E-state index < -0.39 is 0 Å². The minimum atomic E-state index is 0.129. The van der Waals surface area contributed by atoms with Gasteiger partial charge in [-0.1, -0.05) is 36.8 Å². The number of allylic oxidation sites excluding steroid dienone is 1. The van der Waals surface area contributed by atoms with Crippen molar-refractivity contribution in [3.05, 3.63) is 47.2 Å². The van der Waals surface area contributed by atoms with Gasteiger partial charge in [0.1, 0.15) is 0 Å². The zero-order valence-electron chi connectivity index (χ0n) is 17.2. The summed E-state index contributed by atoms with van der Waals surface area (Å²) >= 11 is 0. The van der Waals surface area contributed by atoms with Gasteiger partial charge in [-0.15, -0.1) is 0 Å². The van der Waals surface area contributed by atoms with Gasteiger partial charge in [0.15, 0.2) is 0 Å². The molecule has 2 aromatic rings. The molecule has 2 N–H and O–H groups in total. The summed E-state index contributed by atoms with van der Waals surface area (Å²) in [4.78, 5) is 2.80. The van der Waals surface area contributed by atoms with Crippen molar-refractivity contribution >= 4 is 10.9 Å². The molecule has 1 saturated heterocycles. The van der Waals surface area contributed by atoms with Crippen molar-refractivity contribution in [3.63, 3.8) is 0 Å². The second kappa shape index (κ2) is 5.96. The minimum absolute atomic E-state index is 0.129. The number of aryl methyl sites for hydroxylation is 1. The monoisotopic (exact) mass is 363 g/mol. The summed E-state index contributed by atoms with van der Waals surface area (Å²) < 4.78 is 2.49. The molecular weight excluding hydrogens is 330 g/mol. The van der Waals surface area contributed by atoms with E-state index in [1.165, 1.54) is 48.8 Å². The highest BCUT2D eigenvalue weighted by Gasteiger charge is 2.52. The zero-order valence-corrected chi connectivity index (χ0v) is 17.2. The van der Waals surface area contributed by atoms with Gasteiger partial charge in [-0.2, -0.15) is 0 Å². The Bertz CT molecular complexity index is 923. The fourth-order valence-corrected chi connectivity index (χ4v) is 6.80. The van der Waals surface area contributed by atoms with E-state index in [-0.39, 0.29) is 11.6 Å². The molecule has 3 unspecified atom stereocenters. The number of rotatable bonds is 0. The van der Waals surface area contributed by atoms with Crippen LogP contribution in [-0.4, -0.2) is 28.6 Å². The highest BCUT2D eigenvalue weighted by Crippen LogP contribution is 2.53. The summed E-state index contributed by atoms with van der Waals surface area (Å²) in [5.74, 6) is 2.04. The first-order valence-electron chi connectivity index (χ1n) is 10.7. The first kappa shape index (κ1) is 17.5. The van der Waals surface area contributed by atoms with Crippen LogP contribution < -0.4 is 5.73 Å². The minimum Gasteiger partial charge on any atom is -0.346 e. The summed E-state index contributed by atoms with van der Waals surface area (Å²) in [5.41, 5.74) is 12.8. The van der Waals surface area contributed by atoms with Gasteiger partial charge in [0.2, 0.25) is 0 Å². The Labute approximate surface area is 163 Å². The molecule has 5 rings (SSSR count). The Morgan fingerprint density at radius 1 is 1.26 bits per heavy atom. The lowest BCUT2D eigenvalue weighted by molar-refractivity contribution is -0.0451. The first-order valence-corrected chi connectivity index (χ1v) is 10.7. The summed E-state index contributed by atoms with van der Waals surface area (Å²) in [6.45, 7) is 9.47. The third kappa shape index (κ3) is 2.28. The van der Waals surface area contributed by atoms with Crippen molar-refractivity contribution in [2.45, 2.75) is 51.6 Å². The number of para-hydroxylation sites is 1. The predicted octanol–water partition coefficient (Wildman–Crippen LogP) is 4.20. The quantitative estimate of drug-likeness (QED) is 0.712. The average molecular weight is 364 g/mol. The summed E-state index contributed by atoms with van der Waals surface area (Å²) in [5, 5.41) is 1.46. The Balaban J connectivity index is 1.61. The van der Waals surface area contributed by atoms with Crippen LogP contribution >= 0.6 is 0 Å². The Morgan fingerprint density at radius 3 is 2.81 bits per heavy atom. The van der Waals surface area contributed by atoms with Crippen molar-refractivity contribution in [2.24, 2.45) is 30.5 Å². The van der Waals surface area contributed by atoms with Gasteiger partial charge in [0, 0.05) is 42.8 Å². The number of piperidine rings is 1. The van der Waals surface area contributed by atoms with Gasteiger partial charge in [-0.3, -0.25) is 4.90 Å². The van der Waals surface area contributed by atoms with Crippen LogP contribution in [0.5, 0.6) is 0 Å². The Morgan fingerprint density at radius 2 is 2.04 bits per heavy atom. The zero-order chi connectivity index (χ0) is 18.9.